The van der Waals surface area contributed by atoms with Crippen molar-refractivity contribution in [3.8, 4) is 11.8 Å². The molecule has 1 N–H and O–H groups in total. The molecule has 0 radical (unpaired) electrons. The van der Waals surface area contributed by atoms with E-state index in [0.717, 1.165) is 12.3 Å². The lowest BCUT2D eigenvalue weighted by molar-refractivity contribution is 0.206. The summed E-state index contributed by atoms with van der Waals surface area (Å²) in [7, 11) is 1.80. The third-order valence-corrected chi connectivity index (χ3v) is 2.77. The molecular weight excluding hydrogens is 268 g/mol. The smallest absolute Gasteiger partial charge is 0.335 e. The van der Waals surface area contributed by atoms with E-state index in [2.05, 4.69) is 35.3 Å². The van der Waals surface area contributed by atoms with Crippen molar-refractivity contribution in [2.24, 2.45) is 7.05 Å². The zero-order chi connectivity index (χ0) is 15.1. The fraction of sp³-hybridized carbons (Fsp3) is 0.467. The molecule has 0 aliphatic heterocycles. The highest BCUT2D eigenvalue weighted by molar-refractivity contribution is 5.28. The third-order valence-electron chi connectivity index (χ3n) is 2.77. The molecule has 1 aromatic heterocycles. The van der Waals surface area contributed by atoms with E-state index < -0.39 is 0 Å². The largest absolute Gasteiger partial charge is 0.490 e. The van der Waals surface area contributed by atoms with Crippen LogP contribution >= 0.6 is 0 Å². The average Bonchev–Trinajstić information content (AvgIpc) is 2.87. The summed E-state index contributed by atoms with van der Waals surface area (Å²) in [4.78, 5) is 3.98. The summed E-state index contributed by atoms with van der Waals surface area (Å²) in [5.41, 5.74) is 1.20. The first kappa shape index (κ1) is 15.3. The molecule has 6 nitrogen and oxygen atoms in total. The second-order valence-corrected chi connectivity index (χ2v) is 5.08. The summed E-state index contributed by atoms with van der Waals surface area (Å²) >= 11 is 0. The minimum atomic E-state index is 0.371. The molecule has 1 aromatic carbocycles. The van der Waals surface area contributed by atoms with Crippen molar-refractivity contribution in [1.29, 1.82) is 0 Å². The van der Waals surface area contributed by atoms with Crippen LogP contribution in [-0.4, -0.2) is 34.0 Å². The highest BCUT2D eigenvalue weighted by Gasteiger charge is 2.01. The van der Waals surface area contributed by atoms with Crippen LogP contribution in [0.2, 0.25) is 0 Å². The predicted molar refractivity (Wildman–Crippen MR) is 80.4 cm³/mol. The van der Waals surface area contributed by atoms with Crippen molar-refractivity contribution in [2.75, 3.05) is 13.2 Å². The van der Waals surface area contributed by atoms with Crippen LogP contribution in [0.1, 0.15) is 19.4 Å². The van der Waals surface area contributed by atoms with Gasteiger partial charge < -0.3 is 14.8 Å². The molecule has 0 atom stereocenters. The minimum absolute atomic E-state index is 0.371. The molecular formula is C15H22N4O2. The maximum atomic E-state index is 5.67. The van der Waals surface area contributed by atoms with Gasteiger partial charge in [0.05, 0.1) is 0 Å². The molecule has 0 fully saturated rings. The van der Waals surface area contributed by atoms with Gasteiger partial charge in [-0.05, 0) is 17.7 Å². The molecule has 2 rings (SSSR count). The van der Waals surface area contributed by atoms with Gasteiger partial charge in [-0.15, -0.1) is 5.10 Å². The number of ether oxygens (including phenoxy) is 2. The summed E-state index contributed by atoms with van der Waals surface area (Å²) in [6.45, 7) is 5.97. The number of rotatable bonds is 8. The summed E-state index contributed by atoms with van der Waals surface area (Å²) in [5.74, 6) is 0.843. The summed E-state index contributed by atoms with van der Waals surface area (Å²) in [6, 6.07) is 8.89. The molecule has 0 aliphatic rings. The van der Waals surface area contributed by atoms with E-state index in [1.165, 1.54) is 5.56 Å². The Morgan fingerprint density at radius 2 is 2.05 bits per heavy atom. The molecule has 21 heavy (non-hydrogen) atoms. The first-order valence-electron chi connectivity index (χ1n) is 7.07. The van der Waals surface area contributed by atoms with Crippen molar-refractivity contribution in [3.63, 3.8) is 0 Å². The normalized spacial score (nSPS) is 10.9. The lowest BCUT2D eigenvalue weighted by atomic mass is 10.2. The fourth-order valence-electron chi connectivity index (χ4n) is 1.75. The van der Waals surface area contributed by atoms with Gasteiger partial charge in [0.25, 0.3) is 0 Å². The Kier molecular flexibility index (Phi) is 5.57. The van der Waals surface area contributed by atoms with Crippen LogP contribution < -0.4 is 14.8 Å². The van der Waals surface area contributed by atoms with Gasteiger partial charge in [0.1, 0.15) is 25.3 Å². The molecule has 0 saturated carbocycles. The average molecular weight is 290 g/mol. The van der Waals surface area contributed by atoms with Crippen LogP contribution in [0.5, 0.6) is 11.8 Å². The van der Waals surface area contributed by atoms with E-state index in [9.17, 15) is 0 Å². The lowest BCUT2D eigenvalue weighted by Crippen LogP contribution is -2.21. The molecule has 0 amide bonds. The van der Waals surface area contributed by atoms with Gasteiger partial charge in [0.2, 0.25) is 0 Å². The van der Waals surface area contributed by atoms with Gasteiger partial charge in [-0.3, -0.25) is 4.68 Å². The van der Waals surface area contributed by atoms with Crippen LogP contribution in [-0.2, 0) is 13.6 Å². The van der Waals surface area contributed by atoms with Gasteiger partial charge in [0, 0.05) is 19.6 Å². The van der Waals surface area contributed by atoms with E-state index in [1.807, 2.05) is 18.2 Å². The van der Waals surface area contributed by atoms with Crippen LogP contribution in [0.25, 0.3) is 0 Å². The second-order valence-electron chi connectivity index (χ2n) is 5.08. The van der Waals surface area contributed by atoms with Gasteiger partial charge in [-0.1, -0.05) is 26.0 Å². The number of hydrogen-bond acceptors (Lipinski definition) is 5. The van der Waals surface area contributed by atoms with E-state index in [1.54, 1.807) is 18.1 Å². The van der Waals surface area contributed by atoms with Crippen LogP contribution in [0.4, 0.5) is 0 Å². The Hall–Kier alpha value is -2.08. The van der Waals surface area contributed by atoms with Crippen LogP contribution in [0.15, 0.2) is 30.6 Å². The standard InChI is InChI=1S/C15H22N4O2/c1-12(2)16-10-13-5-4-6-14(9-13)20-7-8-21-15-17-11-19(3)18-15/h4-6,9,11-12,16H,7-8,10H2,1-3H3. The maximum absolute atomic E-state index is 5.67. The quantitative estimate of drug-likeness (QED) is 0.751. The van der Waals surface area contributed by atoms with Crippen LogP contribution in [0, 0.1) is 0 Å². The Morgan fingerprint density at radius 3 is 2.76 bits per heavy atom. The van der Waals surface area contributed by atoms with Crippen LogP contribution in [0.3, 0.4) is 0 Å². The Balaban J connectivity index is 1.73. The molecule has 0 aliphatic carbocycles. The molecule has 1 heterocycles. The van der Waals surface area contributed by atoms with Crippen molar-refractivity contribution in [3.05, 3.63) is 36.2 Å². The Bertz CT molecular complexity index is 554. The van der Waals surface area contributed by atoms with E-state index in [4.69, 9.17) is 9.47 Å². The predicted octanol–water partition coefficient (Wildman–Crippen LogP) is 1.77. The first-order valence-corrected chi connectivity index (χ1v) is 7.07. The van der Waals surface area contributed by atoms with Crippen molar-refractivity contribution in [1.82, 2.24) is 20.1 Å². The van der Waals surface area contributed by atoms with Gasteiger partial charge in [0.15, 0.2) is 0 Å². The fourth-order valence-corrected chi connectivity index (χ4v) is 1.75. The number of aryl methyl sites for hydroxylation is 1. The number of nitrogens with zero attached hydrogens (tertiary/aromatic N) is 3. The molecule has 6 heteroatoms. The summed E-state index contributed by atoms with van der Waals surface area (Å²) in [6.07, 6.45) is 1.60. The lowest BCUT2D eigenvalue weighted by Gasteiger charge is -2.10. The molecule has 2 aromatic rings. The van der Waals surface area contributed by atoms with E-state index >= 15 is 0 Å². The van der Waals surface area contributed by atoms with Crippen molar-refractivity contribution in [2.45, 2.75) is 26.4 Å². The summed E-state index contributed by atoms with van der Waals surface area (Å²) in [5, 5.41) is 7.41. The zero-order valence-corrected chi connectivity index (χ0v) is 12.7. The Labute approximate surface area is 125 Å². The highest BCUT2D eigenvalue weighted by atomic mass is 16.5. The first-order chi connectivity index (χ1) is 10.1. The minimum Gasteiger partial charge on any atom is -0.490 e. The molecule has 0 saturated heterocycles. The monoisotopic (exact) mass is 290 g/mol. The summed E-state index contributed by atoms with van der Waals surface area (Å²) < 4.78 is 12.6. The molecule has 114 valence electrons. The van der Waals surface area contributed by atoms with Gasteiger partial charge in [-0.2, -0.15) is 4.98 Å². The van der Waals surface area contributed by atoms with Gasteiger partial charge >= 0.3 is 6.01 Å². The van der Waals surface area contributed by atoms with E-state index in [-0.39, 0.29) is 0 Å². The topological polar surface area (TPSA) is 61.2 Å². The number of nitrogens with one attached hydrogen (secondary N) is 1. The zero-order valence-electron chi connectivity index (χ0n) is 12.7. The molecule has 0 unspecified atom stereocenters. The Morgan fingerprint density at radius 1 is 1.24 bits per heavy atom. The third kappa shape index (κ3) is 5.43. The maximum Gasteiger partial charge on any atom is 0.335 e. The van der Waals surface area contributed by atoms with Gasteiger partial charge in [-0.25, -0.2) is 0 Å². The number of benzene rings is 1. The van der Waals surface area contributed by atoms with E-state index in [0.29, 0.717) is 25.3 Å². The second kappa shape index (κ2) is 7.64. The van der Waals surface area contributed by atoms with Crippen molar-refractivity contribution < 1.29 is 9.47 Å². The molecule has 0 spiro atoms. The number of hydrogen-bond donors (Lipinski definition) is 1. The SMILES string of the molecule is CC(C)NCc1cccc(OCCOc2ncn(C)n2)c1. The van der Waals surface area contributed by atoms with Crippen molar-refractivity contribution >= 4 is 0 Å². The highest BCUT2D eigenvalue weighted by Crippen LogP contribution is 2.13. The number of aromatic nitrogens is 3. The molecule has 0 bridgehead atoms.